The summed E-state index contributed by atoms with van der Waals surface area (Å²) in [4.78, 5) is 8.71. The molecule has 0 atom stereocenters. The number of hydrogen-bond acceptors (Lipinski definition) is 3. The van der Waals surface area contributed by atoms with Crippen LogP contribution in [0.4, 0.5) is 0 Å². The third-order valence-electron chi connectivity index (χ3n) is 2.96. The highest BCUT2D eigenvalue weighted by Crippen LogP contribution is 2.20. The van der Waals surface area contributed by atoms with Gasteiger partial charge in [0.2, 0.25) is 0 Å². The molecule has 2 rings (SSSR count). The van der Waals surface area contributed by atoms with Crippen LogP contribution in [0.5, 0.6) is 0 Å². The summed E-state index contributed by atoms with van der Waals surface area (Å²) < 4.78 is 0. The van der Waals surface area contributed by atoms with Gasteiger partial charge in [-0.05, 0) is 30.5 Å². The Morgan fingerprint density at radius 3 is 2.86 bits per heavy atom. The lowest BCUT2D eigenvalue weighted by Gasteiger charge is -2.21. The topological polar surface area (TPSA) is 73.1 Å². The zero-order chi connectivity index (χ0) is 15.2. The summed E-state index contributed by atoms with van der Waals surface area (Å²) in [7, 11) is 0. The van der Waals surface area contributed by atoms with Crippen molar-refractivity contribution in [1.29, 1.82) is 5.26 Å². The predicted octanol–water partition coefficient (Wildman–Crippen LogP) is 2.42. The fourth-order valence-electron chi connectivity index (χ4n) is 1.87. The molecule has 1 aliphatic heterocycles. The molecule has 108 valence electrons. The van der Waals surface area contributed by atoms with Crippen LogP contribution in [-0.2, 0) is 0 Å². The number of pyridine rings is 1. The number of aromatic nitrogens is 1. The van der Waals surface area contributed by atoms with Gasteiger partial charge in [0.1, 0.15) is 11.6 Å². The largest absolute Gasteiger partial charge is 0.332 e. The van der Waals surface area contributed by atoms with Crippen molar-refractivity contribution in [3.05, 3.63) is 47.6 Å². The van der Waals surface area contributed by atoms with E-state index < -0.39 is 0 Å². The number of hydrogen-bond donors (Lipinski definition) is 2. The van der Waals surface area contributed by atoms with E-state index in [1.807, 2.05) is 31.3 Å². The Balaban J connectivity index is 2.38. The number of nitrogens with one attached hydrogen (secondary N) is 2. The van der Waals surface area contributed by atoms with Gasteiger partial charge in [-0.3, -0.25) is 9.98 Å². The quantitative estimate of drug-likeness (QED) is 0.835. The minimum atomic E-state index is 0.478. The summed E-state index contributed by atoms with van der Waals surface area (Å²) in [5, 5.41) is 15.8. The molecule has 1 aliphatic rings. The molecule has 5 nitrogen and oxygen atoms in total. The number of rotatable bonds is 3. The van der Waals surface area contributed by atoms with E-state index in [0.717, 1.165) is 17.8 Å². The van der Waals surface area contributed by atoms with E-state index in [1.54, 1.807) is 6.20 Å². The minimum Gasteiger partial charge on any atom is -0.332 e. The molecule has 0 radical (unpaired) electrons. The second kappa shape index (κ2) is 6.71. The SMILES string of the molecule is CC1=CNC(=NCC(C)C)N/C1=C(\C#N)c1ccccn1. The van der Waals surface area contributed by atoms with Crippen LogP contribution in [0.25, 0.3) is 5.57 Å². The first-order valence-corrected chi connectivity index (χ1v) is 6.92. The van der Waals surface area contributed by atoms with Gasteiger partial charge in [0, 0.05) is 18.9 Å². The Kier molecular flexibility index (Phi) is 4.72. The van der Waals surface area contributed by atoms with Crippen LogP contribution in [0, 0.1) is 17.2 Å². The molecule has 0 bridgehead atoms. The lowest BCUT2D eigenvalue weighted by Crippen LogP contribution is -2.39. The van der Waals surface area contributed by atoms with Crippen LogP contribution in [-0.4, -0.2) is 17.5 Å². The Hall–Kier alpha value is -2.61. The van der Waals surface area contributed by atoms with Gasteiger partial charge in [-0.25, -0.2) is 0 Å². The van der Waals surface area contributed by atoms with Crippen LogP contribution in [0.1, 0.15) is 26.5 Å². The molecule has 5 heteroatoms. The monoisotopic (exact) mass is 281 g/mol. The Bertz CT molecular complexity index is 632. The highest BCUT2D eigenvalue weighted by Gasteiger charge is 2.17. The van der Waals surface area contributed by atoms with Crippen LogP contribution < -0.4 is 10.6 Å². The van der Waals surface area contributed by atoms with Crippen molar-refractivity contribution < 1.29 is 0 Å². The molecule has 21 heavy (non-hydrogen) atoms. The third kappa shape index (κ3) is 3.69. The van der Waals surface area contributed by atoms with Crippen molar-refractivity contribution in [3.63, 3.8) is 0 Å². The fourth-order valence-corrected chi connectivity index (χ4v) is 1.87. The lowest BCUT2D eigenvalue weighted by molar-refractivity contribution is 0.661. The number of nitrogens with zero attached hydrogens (tertiary/aromatic N) is 3. The van der Waals surface area contributed by atoms with Crippen LogP contribution in [0.15, 0.2) is 46.9 Å². The smallest absolute Gasteiger partial charge is 0.199 e. The van der Waals surface area contributed by atoms with Crippen LogP contribution in [0.3, 0.4) is 0 Å². The van der Waals surface area contributed by atoms with Gasteiger partial charge >= 0.3 is 0 Å². The third-order valence-corrected chi connectivity index (χ3v) is 2.96. The molecular formula is C16H19N5. The van der Waals surface area contributed by atoms with Crippen molar-refractivity contribution >= 4 is 11.5 Å². The molecule has 0 aromatic carbocycles. The number of nitriles is 1. The summed E-state index contributed by atoms with van der Waals surface area (Å²) in [5.41, 5.74) is 2.86. The van der Waals surface area contributed by atoms with Crippen molar-refractivity contribution in [2.75, 3.05) is 6.54 Å². The van der Waals surface area contributed by atoms with E-state index in [-0.39, 0.29) is 0 Å². The summed E-state index contributed by atoms with van der Waals surface area (Å²) in [6, 6.07) is 7.76. The maximum Gasteiger partial charge on any atom is 0.199 e. The van der Waals surface area contributed by atoms with E-state index >= 15 is 0 Å². The molecule has 0 saturated heterocycles. The summed E-state index contributed by atoms with van der Waals surface area (Å²) in [5.74, 6) is 1.14. The lowest BCUT2D eigenvalue weighted by atomic mass is 10.1. The molecular weight excluding hydrogens is 262 g/mol. The van der Waals surface area contributed by atoms with Crippen molar-refractivity contribution in [1.82, 2.24) is 15.6 Å². The van der Waals surface area contributed by atoms with Gasteiger partial charge in [-0.1, -0.05) is 19.9 Å². The molecule has 0 aliphatic carbocycles. The highest BCUT2D eigenvalue weighted by atomic mass is 15.2. The minimum absolute atomic E-state index is 0.478. The van der Waals surface area contributed by atoms with Crippen LogP contribution in [0.2, 0.25) is 0 Å². The first-order chi connectivity index (χ1) is 10.1. The molecule has 1 aromatic rings. The average Bonchev–Trinajstić information content (AvgIpc) is 2.49. The first-order valence-electron chi connectivity index (χ1n) is 6.92. The summed E-state index contributed by atoms with van der Waals surface area (Å²) in [6.45, 7) is 6.88. The summed E-state index contributed by atoms with van der Waals surface area (Å²) in [6.07, 6.45) is 3.53. The van der Waals surface area contributed by atoms with Crippen LogP contribution >= 0.6 is 0 Å². The number of allylic oxidation sites excluding steroid dienone is 2. The molecule has 0 spiro atoms. The molecule has 0 fully saturated rings. The number of aliphatic imine (C=N–C) groups is 1. The molecule has 0 saturated carbocycles. The second-order valence-corrected chi connectivity index (χ2v) is 5.26. The second-order valence-electron chi connectivity index (χ2n) is 5.26. The molecule has 2 heterocycles. The van der Waals surface area contributed by atoms with E-state index in [9.17, 15) is 5.26 Å². The Morgan fingerprint density at radius 2 is 2.24 bits per heavy atom. The van der Waals surface area contributed by atoms with Gasteiger partial charge in [-0.15, -0.1) is 0 Å². The number of guanidine groups is 1. The maximum atomic E-state index is 9.48. The molecule has 0 unspecified atom stereocenters. The van der Waals surface area contributed by atoms with E-state index in [1.165, 1.54) is 0 Å². The van der Waals surface area contributed by atoms with Gasteiger partial charge in [0.15, 0.2) is 5.96 Å². The van der Waals surface area contributed by atoms with Crippen molar-refractivity contribution in [2.24, 2.45) is 10.9 Å². The Morgan fingerprint density at radius 1 is 1.43 bits per heavy atom. The van der Waals surface area contributed by atoms with Gasteiger partial charge in [-0.2, -0.15) is 5.26 Å². The van der Waals surface area contributed by atoms with Gasteiger partial charge in [0.25, 0.3) is 0 Å². The van der Waals surface area contributed by atoms with Gasteiger partial charge in [0.05, 0.1) is 11.4 Å². The molecule has 1 aromatic heterocycles. The Labute approximate surface area is 125 Å². The predicted molar refractivity (Wildman–Crippen MR) is 83.9 cm³/mol. The zero-order valence-corrected chi connectivity index (χ0v) is 12.5. The fraction of sp³-hybridized carbons (Fsp3) is 0.312. The van der Waals surface area contributed by atoms with Crippen molar-refractivity contribution in [2.45, 2.75) is 20.8 Å². The normalized spacial score (nSPS) is 18.6. The van der Waals surface area contributed by atoms with Crippen molar-refractivity contribution in [3.8, 4) is 6.07 Å². The average molecular weight is 281 g/mol. The summed E-state index contributed by atoms with van der Waals surface area (Å²) >= 11 is 0. The van der Waals surface area contributed by atoms with Gasteiger partial charge < -0.3 is 10.6 Å². The maximum absolute atomic E-state index is 9.48. The molecule has 2 N–H and O–H groups in total. The highest BCUT2D eigenvalue weighted by molar-refractivity contribution is 5.90. The zero-order valence-electron chi connectivity index (χ0n) is 12.5. The van der Waals surface area contributed by atoms with E-state index in [0.29, 0.717) is 23.1 Å². The van der Waals surface area contributed by atoms with E-state index in [2.05, 4.69) is 40.5 Å². The first kappa shape index (κ1) is 14.8. The van der Waals surface area contributed by atoms with E-state index in [4.69, 9.17) is 0 Å². The standard InChI is InChI=1S/C16H19N5/c1-11(2)9-19-16-20-10-12(3)15(21-16)13(8-17)14-6-4-5-7-18-14/h4-7,10-11H,9H2,1-3H3,(H2,19,20,21)/b15-13+. The molecule has 0 amide bonds.